The lowest BCUT2D eigenvalue weighted by Crippen LogP contribution is -2.27. The van der Waals surface area contributed by atoms with Gasteiger partial charge in [-0.2, -0.15) is 0 Å². The number of benzene rings is 2. The molecule has 2 aliphatic heterocycles. The maximum atomic E-state index is 12.9. The van der Waals surface area contributed by atoms with Crippen molar-refractivity contribution in [2.24, 2.45) is 7.05 Å². The van der Waals surface area contributed by atoms with Crippen molar-refractivity contribution >= 4 is 51.3 Å². The second-order valence-electron chi connectivity index (χ2n) is 6.47. The van der Waals surface area contributed by atoms with E-state index in [1.165, 1.54) is 11.8 Å². The molecule has 0 unspecified atom stereocenters. The highest BCUT2D eigenvalue weighted by Crippen LogP contribution is 2.36. The number of thioether (sulfide) groups is 1. The number of hydrogen-bond donors (Lipinski definition) is 0. The van der Waals surface area contributed by atoms with Gasteiger partial charge in [-0.05, 0) is 29.8 Å². The Labute approximate surface area is 170 Å². The van der Waals surface area contributed by atoms with Crippen molar-refractivity contribution in [2.75, 3.05) is 6.79 Å². The largest absolute Gasteiger partial charge is 0.454 e. The van der Waals surface area contributed by atoms with Gasteiger partial charge in [0.1, 0.15) is 10.1 Å². The minimum Gasteiger partial charge on any atom is -0.454 e. The minimum atomic E-state index is -0.111. The molecule has 0 atom stereocenters. The second kappa shape index (κ2) is 6.65. The van der Waals surface area contributed by atoms with Crippen LogP contribution in [0.1, 0.15) is 11.4 Å². The van der Waals surface area contributed by atoms with Gasteiger partial charge in [0.2, 0.25) is 6.79 Å². The molecule has 1 aromatic heterocycles. The summed E-state index contributed by atoms with van der Waals surface area (Å²) in [6, 6.07) is 13.5. The van der Waals surface area contributed by atoms with Gasteiger partial charge in [-0.1, -0.05) is 42.2 Å². The van der Waals surface area contributed by atoms with Crippen molar-refractivity contribution in [3.63, 3.8) is 0 Å². The van der Waals surface area contributed by atoms with Crippen LogP contribution < -0.4 is 9.47 Å². The number of rotatable bonds is 3. The lowest BCUT2D eigenvalue weighted by atomic mass is 10.2. The molecule has 6 nitrogen and oxygen atoms in total. The summed E-state index contributed by atoms with van der Waals surface area (Å²) < 4.78 is 13.3. The third-order valence-corrected chi connectivity index (χ3v) is 6.11. The molecule has 0 aliphatic carbocycles. The molecule has 3 heterocycles. The number of hydrogen-bond acceptors (Lipinski definition) is 6. The Balaban J connectivity index is 1.42. The van der Waals surface area contributed by atoms with E-state index in [0.29, 0.717) is 21.5 Å². The van der Waals surface area contributed by atoms with E-state index < -0.39 is 0 Å². The van der Waals surface area contributed by atoms with Crippen LogP contribution in [-0.4, -0.2) is 31.5 Å². The van der Waals surface area contributed by atoms with Crippen molar-refractivity contribution in [3.8, 4) is 11.5 Å². The zero-order chi connectivity index (χ0) is 19.3. The molecular weight excluding hydrogens is 394 g/mol. The topological polar surface area (TPSA) is 56.6 Å². The quantitative estimate of drug-likeness (QED) is 0.486. The lowest BCUT2D eigenvalue weighted by molar-refractivity contribution is -0.122. The van der Waals surface area contributed by atoms with Gasteiger partial charge in [0.15, 0.2) is 11.5 Å². The summed E-state index contributed by atoms with van der Waals surface area (Å²) in [5, 5.41) is 0. The normalized spacial score (nSPS) is 17.3. The molecule has 1 amide bonds. The van der Waals surface area contributed by atoms with Gasteiger partial charge in [0.25, 0.3) is 5.91 Å². The fraction of sp³-hybridized carbons (Fsp3) is 0.150. The molecule has 0 spiro atoms. The SMILES string of the molecule is Cn1c(C=C2SC(=S)N(Cc3ccc4c(c3)OCO4)C2=O)nc2ccccc21. The smallest absolute Gasteiger partial charge is 0.266 e. The first kappa shape index (κ1) is 17.3. The van der Waals surface area contributed by atoms with Gasteiger partial charge < -0.3 is 14.0 Å². The van der Waals surface area contributed by atoms with Crippen LogP contribution in [0, 0.1) is 0 Å². The van der Waals surface area contributed by atoms with Crippen molar-refractivity contribution in [1.29, 1.82) is 0 Å². The molecule has 0 bridgehead atoms. The molecule has 3 aromatic rings. The zero-order valence-corrected chi connectivity index (χ0v) is 16.5. The molecule has 2 aliphatic rings. The Hall–Kier alpha value is -2.84. The number of thiocarbonyl (C=S) groups is 1. The Morgan fingerprint density at radius 1 is 1.21 bits per heavy atom. The first-order chi connectivity index (χ1) is 13.6. The van der Waals surface area contributed by atoms with Crippen molar-refractivity contribution in [2.45, 2.75) is 6.54 Å². The summed E-state index contributed by atoms with van der Waals surface area (Å²) in [5.74, 6) is 2.03. The maximum absolute atomic E-state index is 12.9. The average molecular weight is 409 g/mol. The summed E-state index contributed by atoms with van der Waals surface area (Å²) >= 11 is 6.75. The van der Waals surface area contributed by atoms with Crippen LogP contribution in [0.3, 0.4) is 0 Å². The minimum absolute atomic E-state index is 0.111. The number of aryl methyl sites for hydroxylation is 1. The van der Waals surface area contributed by atoms with Crippen LogP contribution in [0.15, 0.2) is 47.4 Å². The molecule has 1 fully saturated rings. The van der Waals surface area contributed by atoms with E-state index >= 15 is 0 Å². The van der Waals surface area contributed by atoms with E-state index in [1.54, 1.807) is 11.0 Å². The fourth-order valence-corrected chi connectivity index (χ4v) is 4.49. The van der Waals surface area contributed by atoms with Gasteiger partial charge in [0, 0.05) is 13.1 Å². The van der Waals surface area contributed by atoms with E-state index in [9.17, 15) is 4.79 Å². The molecule has 0 radical (unpaired) electrons. The van der Waals surface area contributed by atoms with Crippen molar-refractivity contribution < 1.29 is 14.3 Å². The Morgan fingerprint density at radius 3 is 2.89 bits per heavy atom. The predicted octanol–water partition coefficient (Wildman–Crippen LogP) is 3.70. The molecule has 0 saturated carbocycles. The van der Waals surface area contributed by atoms with Crippen LogP contribution in [-0.2, 0) is 18.4 Å². The van der Waals surface area contributed by atoms with E-state index in [-0.39, 0.29) is 12.7 Å². The van der Waals surface area contributed by atoms with Crippen molar-refractivity contribution in [3.05, 3.63) is 58.8 Å². The Bertz CT molecular complexity index is 1170. The molecule has 140 valence electrons. The van der Waals surface area contributed by atoms with E-state index in [2.05, 4.69) is 4.98 Å². The van der Waals surface area contributed by atoms with Crippen LogP contribution in [0.5, 0.6) is 11.5 Å². The number of nitrogens with zero attached hydrogens (tertiary/aromatic N) is 3. The molecule has 1 saturated heterocycles. The number of carbonyl (C=O) groups excluding carboxylic acids is 1. The molecule has 5 rings (SSSR count). The summed E-state index contributed by atoms with van der Waals surface area (Å²) in [5.41, 5.74) is 2.85. The molecule has 0 N–H and O–H groups in total. The third kappa shape index (κ3) is 2.85. The highest BCUT2D eigenvalue weighted by atomic mass is 32.2. The van der Waals surface area contributed by atoms with Crippen molar-refractivity contribution in [1.82, 2.24) is 14.5 Å². The average Bonchev–Trinajstić information content (AvgIpc) is 3.36. The first-order valence-electron chi connectivity index (χ1n) is 8.65. The number of para-hydroxylation sites is 2. The van der Waals surface area contributed by atoms with Gasteiger partial charge in [-0.25, -0.2) is 4.98 Å². The maximum Gasteiger partial charge on any atom is 0.266 e. The molecule has 2 aromatic carbocycles. The van der Waals surface area contributed by atoms with Crippen LogP contribution in [0.25, 0.3) is 17.1 Å². The molecule has 28 heavy (non-hydrogen) atoms. The van der Waals surface area contributed by atoms with Crippen LogP contribution in [0.2, 0.25) is 0 Å². The van der Waals surface area contributed by atoms with E-state index in [0.717, 1.165) is 28.2 Å². The molecular formula is C20H15N3O3S2. The monoisotopic (exact) mass is 409 g/mol. The lowest BCUT2D eigenvalue weighted by Gasteiger charge is -2.14. The summed E-state index contributed by atoms with van der Waals surface area (Å²) in [7, 11) is 1.94. The third-order valence-electron chi connectivity index (χ3n) is 4.73. The van der Waals surface area contributed by atoms with E-state index in [4.69, 9.17) is 21.7 Å². The first-order valence-corrected chi connectivity index (χ1v) is 9.88. The predicted molar refractivity (Wildman–Crippen MR) is 112 cm³/mol. The number of fused-ring (bicyclic) bond motifs is 2. The van der Waals surface area contributed by atoms with Crippen LogP contribution in [0.4, 0.5) is 0 Å². The number of amides is 1. The van der Waals surface area contributed by atoms with Gasteiger partial charge in [-0.15, -0.1) is 0 Å². The number of ether oxygens (including phenoxy) is 2. The Morgan fingerprint density at radius 2 is 2.04 bits per heavy atom. The highest BCUT2D eigenvalue weighted by Gasteiger charge is 2.32. The number of aromatic nitrogens is 2. The number of carbonyl (C=O) groups is 1. The Kier molecular flexibility index (Phi) is 4.10. The standard InChI is InChI=1S/C20H15N3O3S2/c1-22-14-5-3-2-4-13(14)21-18(22)9-17-19(24)23(20(27)28-17)10-12-6-7-15-16(8-12)26-11-25-15/h2-9H,10-11H2,1H3. The van der Waals surface area contributed by atoms with E-state index in [1.807, 2.05) is 54.1 Å². The summed E-state index contributed by atoms with van der Waals surface area (Å²) in [6.45, 7) is 0.613. The van der Waals surface area contributed by atoms with Gasteiger partial charge in [0.05, 0.1) is 22.5 Å². The summed E-state index contributed by atoms with van der Waals surface area (Å²) in [6.07, 6.45) is 1.80. The zero-order valence-electron chi connectivity index (χ0n) is 14.9. The molecule has 8 heteroatoms. The van der Waals surface area contributed by atoms with Gasteiger partial charge >= 0.3 is 0 Å². The highest BCUT2D eigenvalue weighted by molar-refractivity contribution is 8.26. The summed E-state index contributed by atoms with van der Waals surface area (Å²) in [4.78, 5) is 19.7. The second-order valence-corrected chi connectivity index (χ2v) is 8.15. The number of imidazole rings is 1. The van der Waals surface area contributed by atoms with Gasteiger partial charge in [-0.3, -0.25) is 9.69 Å². The van der Waals surface area contributed by atoms with Crippen LogP contribution >= 0.6 is 24.0 Å². The fourth-order valence-electron chi connectivity index (χ4n) is 3.27.